The molecule has 8 heteroatoms. The van der Waals surface area contributed by atoms with Gasteiger partial charge in [-0.25, -0.2) is 8.42 Å². The Balaban J connectivity index is 2.33. The zero-order valence-electron chi connectivity index (χ0n) is 10.5. The van der Waals surface area contributed by atoms with Crippen LogP contribution >= 0.6 is 15.9 Å². The predicted molar refractivity (Wildman–Crippen MR) is 78.9 cm³/mol. The molecule has 0 radical (unpaired) electrons. The van der Waals surface area contributed by atoms with Crippen LogP contribution in [0, 0.1) is 0 Å². The van der Waals surface area contributed by atoms with E-state index in [1.165, 1.54) is 16.8 Å². The van der Waals surface area contributed by atoms with Gasteiger partial charge in [0.25, 0.3) is 15.9 Å². The molecule has 0 aliphatic carbocycles. The first-order chi connectivity index (χ1) is 9.29. The summed E-state index contributed by atoms with van der Waals surface area (Å²) in [5, 5.41) is 0. The minimum Gasteiger partial charge on any atom is -0.364 e. The molecule has 0 unspecified atom stereocenters. The van der Waals surface area contributed by atoms with Gasteiger partial charge in [0.15, 0.2) is 0 Å². The first-order valence-corrected chi connectivity index (χ1v) is 7.82. The number of hydrogen-bond donors (Lipinski definition) is 2. The number of hydrogen-bond acceptors (Lipinski definition) is 3. The van der Waals surface area contributed by atoms with Gasteiger partial charge in [-0.15, -0.1) is 0 Å². The largest absolute Gasteiger partial charge is 0.364 e. The number of anilines is 1. The zero-order chi connectivity index (χ0) is 14.9. The number of halogens is 1. The molecule has 2 rings (SSSR count). The Morgan fingerprint density at radius 2 is 1.90 bits per heavy atom. The van der Waals surface area contributed by atoms with Crippen LogP contribution in [0.2, 0.25) is 0 Å². The van der Waals surface area contributed by atoms with Gasteiger partial charge >= 0.3 is 0 Å². The van der Waals surface area contributed by atoms with Crippen LogP contribution in [0.15, 0.2) is 45.9 Å². The molecule has 0 fully saturated rings. The number of nitrogens with two attached hydrogens (primary N) is 1. The number of sulfonamides is 1. The quantitative estimate of drug-likeness (QED) is 0.871. The van der Waals surface area contributed by atoms with Crippen LogP contribution < -0.4 is 10.5 Å². The van der Waals surface area contributed by atoms with Gasteiger partial charge < -0.3 is 10.3 Å². The highest BCUT2D eigenvalue weighted by molar-refractivity contribution is 9.10. The van der Waals surface area contributed by atoms with E-state index in [9.17, 15) is 13.2 Å². The Kier molecular flexibility index (Phi) is 3.87. The number of benzene rings is 1. The number of rotatable bonds is 4. The van der Waals surface area contributed by atoms with E-state index >= 15 is 0 Å². The van der Waals surface area contributed by atoms with Crippen molar-refractivity contribution in [2.75, 3.05) is 4.72 Å². The fourth-order valence-electron chi connectivity index (χ4n) is 1.66. The van der Waals surface area contributed by atoms with Crippen molar-refractivity contribution < 1.29 is 13.2 Å². The lowest BCUT2D eigenvalue weighted by Crippen LogP contribution is -2.14. The van der Waals surface area contributed by atoms with E-state index in [0.29, 0.717) is 5.69 Å². The predicted octanol–water partition coefficient (Wildman–Crippen LogP) is 1.69. The molecule has 2 aromatic rings. The van der Waals surface area contributed by atoms with Crippen molar-refractivity contribution in [2.24, 2.45) is 12.8 Å². The van der Waals surface area contributed by atoms with Gasteiger partial charge in [0.05, 0.1) is 0 Å². The van der Waals surface area contributed by atoms with E-state index in [1.54, 1.807) is 31.3 Å². The van der Waals surface area contributed by atoms with Crippen LogP contribution in [0.5, 0.6) is 0 Å². The molecule has 1 aromatic carbocycles. The van der Waals surface area contributed by atoms with Gasteiger partial charge in [-0.3, -0.25) is 9.52 Å². The maximum Gasteiger partial charge on any atom is 0.265 e. The van der Waals surface area contributed by atoms with Crippen LogP contribution in [0.3, 0.4) is 0 Å². The second-order valence-corrected chi connectivity index (χ2v) is 6.75. The van der Waals surface area contributed by atoms with E-state index in [1.807, 2.05) is 0 Å². The Morgan fingerprint density at radius 3 is 2.40 bits per heavy atom. The van der Waals surface area contributed by atoms with Gasteiger partial charge in [0, 0.05) is 23.4 Å². The summed E-state index contributed by atoms with van der Waals surface area (Å²) >= 11 is 3.27. The fraction of sp³-hybridized carbons (Fsp3) is 0.0833. The SMILES string of the molecule is Cn1cc(S(=O)(=O)Nc2ccc(Br)cc2)cc1C(N)=O. The van der Waals surface area contributed by atoms with Gasteiger partial charge in [-0.1, -0.05) is 15.9 Å². The maximum atomic E-state index is 12.2. The number of aromatic nitrogens is 1. The molecule has 0 aliphatic heterocycles. The lowest BCUT2D eigenvalue weighted by molar-refractivity contribution is 0.0992. The van der Waals surface area contributed by atoms with Crippen molar-refractivity contribution in [1.82, 2.24) is 4.57 Å². The Bertz CT molecular complexity index is 751. The monoisotopic (exact) mass is 357 g/mol. The van der Waals surface area contributed by atoms with Gasteiger partial charge in [-0.2, -0.15) is 0 Å². The molecule has 1 amide bonds. The van der Waals surface area contributed by atoms with E-state index in [4.69, 9.17) is 5.73 Å². The summed E-state index contributed by atoms with van der Waals surface area (Å²) in [6.45, 7) is 0. The van der Waals surface area contributed by atoms with Crippen LogP contribution in [0.1, 0.15) is 10.5 Å². The number of primary amides is 1. The third-order valence-corrected chi connectivity index (χ3v) is 4.52. The molecule has 6 nitrogen and oxygen atoms in total. The molecule has 1 aromatic heterocycles. The second kappa shape index (κ2) is 5.29. The summed E-state index contributed by atoms with van der Waals surface area (Å²) in [6, 6.07) is 7.93. The number of amides is 1. The van der Waals surface area contributed by atoms with E-state index in [0.717, 1.165) is 4.47 Å². The standard InChI is InChI=1S/C12H12BrN3O3S/c1-16-7-10(6-11(16)12(14)17)20(18,19)15-9-4-2-8(13)3-5-9/h2-7,15H,1H3,(H2,14,17). The maximum absolute atomic E-state index is 12.2. The molecular weight excluding hydrogens is 346 g/mol. The van der Waals surface area contributed by atoms with Crippen molar-refractivity contribution in [1.29, 1.82) is 0 Å². The van der Waals surface area contributed by atoms with E-state index in [-0.39, 0.29) is 10.6 Å². The molecule has 0 aliphatic rings. The van der Waals surface area contributed by atoms with Crippen LogP contribution in [0.4, 0.5) is 5.69 Å². The number of nitrogens with one attached hydrogen (secondary N) is 1. The van der Waals surface area contributed by atoms with Crippen molar-refractivity contribution in [2.45, 2.75) is 4.90 Å². The van der Waals surface area contributed by atoms with Gasteiger partial charge in [0.1, 0.15) is 10.6 Å². The Morgan fingerprint density at radius 1 is 1.30 bits per heavy atom. The highest BCUT2D eigenvalue weighted by Crippen LogP contribution is 2.20. The molecule has 3 N–H and O–H groups in total. The summed E-state index contributed by atoms with van der Waals surface area (Å²) < 4.78 is 29.0. The lowest BCUT2D eigenvalue weighted by Gasteiger charge is -2.06. The molecule has 1 heterocycles. The Hall–Kier alpha value is -1.80. The molecule has 0 saturated heterocycles. The van der Waals surface area contributed by atoms with Crippen LogP contribution in [-0.2, 0) is 17.1 Å². The summed E-state index contributed by atoms with van der Waals surface area (Å²) in [5.41, 5.74) is 5.71. The minimum absolute atomic E-state index is 0.0169. The molecule has 106 valence electrons. The topological polar surface area (TPSA) is 94.2 Å². The van der Waals surface area contributed by atoms with Gasteiger partial charge in [0.2, 0.25) is 0 Å². The summed E-state index contributed by atoms with van der Waals surface area (Å²) in [7, 11) is -2.20. The second-order valence-electron chi connectivity index (χ2n) is 4.15. The summed E-state index contributed by atoms with van der Waals surface area (Å²) in [6.07, 6.45) is 1.33. The lowest BCUT2D eigenvalue weighted by atomic mass is 10.3. The smallest absolute Gasteiger partial charge is 0.265 e. The third-order valence-electron chi connectivity index (χ3n) is 2.64. The first kappa shape index (κ1) is 14.6. The Labute approximate surface area is 124 Å². The molecular formula is C12H12BrN3O3S. The molecule has 0 bridgehead atoms. The summed E-state index contributed by atoms with van der Waals surface area (Å²) in [5.74, 6) is -0.683. The average molecular weight is 358 g/mol. The first-order valence-electron chi connectivity index (χ1n) is 5.54. The molecule has 0 atom stereocenters. The van der Waals surface area contributed by atoms with Crippen molar-refractivity contribution in [3.05, 3.63) is 46.7 Å². The third kappa shape index (κ3) is 3.02. The average Bonchev–Trinajstić information content (AvgIpc) is 2.75. The number of carbonyl (C=O) groups is 1. The number of nitrogens with zero attached hydrogens (tertiary/aromatic N) is 1. The van der Waals surface area contributed by atoms with E-state index < -0.39 is 15.9 Å². The fourth-order valence-corrected chi connectivity index (χ4v) is 3.05. The van der Waals surface area contributed by atoms with E-state index in [2.05, 4.69) is 20.7 Å². The zero-order valence-corrected chi connectivity index (χ0v) is 12.9. The van der Waals surface area contributed by atoms with Gasteiger partial charge in [-0.05, 0) is 30.3 Å². The van der Waals surface area contributed by atoms with Crippen molar-refractivity contribution in [3.63, 3.8) is 0 Å². The van der Waals surface area contributed by atoms with Crippen LogP contribution in [0.25, 0.3) is 0 Å². The normalized spacial score (nSPS) is 11.3. The van der Waals surface area contributed by atoms with Crippen LogP contribution in [-0.4, -0.2) is 18.9 Å². The highest BCUT2D eigenvalue weighted by Gasteiger charge is 2.19. The molecule has 20 heavy (non-hydrogen) atoms. The summed E-state index contributed by atoms with van der Waals surface area (Å²) in [4.78, 5) is 11.1. The molecule has 0 saturated carbocycles. The van der Waals surface area contributed by atoms with Crippen molar-refractivity contribution in [3.8, 4) is 0 Å². The van der Waals surface area contributed by atoms with Crippen molar-refractivity contribution >= 4 is 37.5 Å². The molecule has 0 spiro atoms. The number of aryl methyl sites for hydroxylation is 1. The number of carbonyl (C=O) groups excluding carboxylic acids is 1. The highest BCUT2D eigenvalue weighted by atomic mass is 79.9. The minimum atomic E-state index is -3.76.